The van der Waals surface area contributed by atoms with Gasteiger partial charge in [0.1, 0.15) is 0 Å². The van der Waals surface area contributed by atoms with E-state index in [9.17, 15) is 0 Å². The van der Waals surface area contributed by atoms with Crippen molar-refractivity contribution in [3.63, 3.8) is 0 Å². The van der Waals surface area contributed by atoms with Gasteiger partial charge in [0.2, 0.25) is 0 Å². The zero-order chi connectivity index (χ0) is 40.5. The Balaban J connectivity index is 0.960. The van der Waals surface area contributed by atoms with Crippen molar-refractivity contribution in [2.75, 3.05) is 4.90 Å². The van der Waals surface area contributed by atoms with Gasteiger partial charge in [-0.15, -0.1) is 0 Å². The van der Waals surface area contributed by atoms with Crippen molar-refractivity contribution in [2.24, 2.45) is 0 Å². The van der Waals surface area contributed by atoms with Crippen LogP contribution in [0, 0.1) is 0 Å². The molecule has 0 N–H and O–H groups in total. The molecule has 0 heterocycles. The molecule has 0 radical (unpaired) electrons. The third kappa shape index (κ3) is 6.93. The van der Waals surface area contributed by atoms with E-state index in [0.29, 0.717) is 0 Å². The lowest BCUT2D eigenvalue weighted by molar-refractivity contribution is 1.28. The quantitative estimate of drug-likeness (QED) is 0.149. The Kier molecular flexibility index (Phi) is 9.26. The van der Waals surface area contributed by atoms with Crippen LogP contribution in [0.1, 0.15) is 0 Å². The first kappa shape index (κ1) is 36.1. The first-order valence-corrected chi connectivity index (χ1v) is 21.0. The molecule has 1 heteroatoms. The molecule has 0 aliphatic carbocycles. The lowest BCUT2D eigenvalue weighted by Gasteiger charge is -2.26. The summed E-state index contributed by atoms with van der Waals surface area (Å²) in [5, 5.41) is 7.52. The van der Waals surface area contributed by atoms with Crippen LogP contribution in [-0.4, -0.2) is 0 Å². The molecule has 11 rings (SSSR count). The summed E-state index contributed by atoms with van der Waals surface area (Å²) in [6.07, 6.45) is 0. The monoisotopic (exact) mass is 775 g/mol. The lowest BCUT2D eigenvalue weighted by Crippen LogP contribution is -2.09. The molecule has 61 heavy (non-hydrogen) atoms. The molecule has 0 unspecified atom stereocenters. The van der Waals surface area contributed by atoms with Crippen LogP contribution < -0.4 is 4.90 Å². The number of rotatable bonds is 8. The molecule has 286 valence electrons. The molecular formula is C60H41N. The second-order valence-electron chi connectivity index (χ2n) is 15.7. The Hall–Kier alpha value is -8.00. The molecule has 0 fully saturated rings. The molecule has 0 saturated heterocycles. The molecular weight excluding hydrogens is 735 g/mol. The number of anilines is 3. The fraction of sp³-hybridized carbons (Fsp3) is 0. The van der Waals surface area contributed by atoms with Crippen molar-refractivity contribution >= 4 is 49.4 Å². The minimum absolute atomic E-state index is 1.09. The average molecular weight is 776 g/mol. The third-order valence-corrected chi connectivity index (χ3v) is 12.1. The minimum Gasteiger partial charge on any atom is -0.311 e. The molecule has 11 aromatic carbocycles. The van der Waals surface area contributed by atoms with Crippen LogP contribution in [0.15, 0.2) is 249 Å². The molecule has 1 nitrogen and oxygen atoms in total. The fourth-order valence-electron chi connectivity index (χ4n) is 8.96. The van der Waals surface area contributed by atoms with E-state index in [2.05, 4.69) is 254 Å². The Morgan fingerprint density at radius 2 is 0.639 bits per heavy atom. The van der Waals surface area contributed by atoms with Crippen LogP contribution in [0.3, 0.4) is 0 Å². The minimum atomic E-state index is 1.09. The third-order valence-electron chi connectivity index (χ3n) is 12.1. The van der Waals surface area contributed by atoms with Gasteiger partial charge in [-0.25, -0.2) is 0 Å². The number of hydrogen-bond donors (Lipinski definition) is 0. The molecule has 0 amide bonds. The van der Waals surface area contributed by atoms with E-state index in [1.54, 1.807) is 0 Å². The van der Waals surface area contributed by atoms with Gasteiger partial charge in [0.05, 0.1) is 0 Å². The van der Waals surface area contributed by atoms with Crippen LogP contribution >= 0.6 is 0 Å². The maximum atomic E-state index is 2.36. The van der Waals surface area contributed by atoms with Crippen LogP contribution in [0.5, 0.6) is 0 Å². The summed E-state index contributed by atoms with van der Waals surface area (Å²) >= 11 is 0. The molecule has 0 atom stereocenters. The summed E-state index contributed by atoms with van der Waals surface area (Å²) in [6, 6.07) is 90.4. The molecule has 0 aromatic heterocycles. The Morgan fingerprint density at radius 3 is 1.30 bits per heavy atom. The largest absolute Gasteiger partial charge is 0.311 e. The van der Waals surface area contributed by atoms with Crippen LogP contribution in [0.4, 0.5) is 17.1 Å². The highest BCUT2D eigenvalue weighted by atomic mass is 15.1. The van der Waals surface area contributed by atoms with Gasteiger partial charge in [-0.2, -0.15) is 0 Å². The smallest absolute Gasteiger partial charge is 0.0462 e. The summed E-state index contributed by atoms with van der Waals surface area (Å²) in [5.74, 6) is 0. The number of fused-ring (bicyclic) bond motifs is 3. The maximum Gasteiger partial charge on any atom is 0.0462 e. The maximum absolute atomic E-state index is 2.36. The number of nitrogens with zero attached hydrogens (tertiary/aromatic N) is 1. The topological polar surface area (TPSA) is 3.24 Å². The number of hydrogen-bond acceptors (Lipinski definition) is 1. The van der Waals surface area contributed by atoms with Gasteiger partial charge in [0.15, 0.2) is 0 Å². The molecule has 0 aliphatic rings. The second-order valence-corrected chi connectivity index (χ2v) is 15.7. The zero-order valence-electron chi connectivity index (χ0n) is 33.6. The van der Waals surface area contributed by atoms with Gasteiger partial charge in [0, 0.05) is 17.1 Å². The highest BCUT2D eigenvalue weighted by Crippen LogP contribution is 2.42. The predicted molar refractivity (Wildman–Crippen MR) is 261 cm³/mol. The van der Waals surface area contributed by atoms with E-state index in [-0.39, 0.29) is 0 Å². The highest BCUT2D eigenvalue weighted by Gasteiger charge is 2.16. The standard InChI is InChI=1S/C60H41N/c1-2-14-50(15-3-1)60-58-19-9-7-13-47(58)33-40-59(60)49-31-38-55(39-32-49)61(54-36-29-45(30-37-54)52-26-23-42-11-4-5-16-51(42)41-52)53-34-27-44(28-35-53)43-21-24-48(25-22-43)57-20-10-17-46-12-6-8-18-56(46)57/h1-41H. The first-order valence-electron chi connectivity index (χ1n) is 21.0. The predicted octanol–water partition coefficient (Wildman–Crippen LogP) is 17.0. The first-order chi connectivity index (χ1) is 30.2. The molecule has 11 aromatic rings. The molecule has 0 bridgehead atoms. The zero-order valence-corrected chi connectivity index (χ0v) is 33.6. The van der Waals surface area contributed by atoms with Crippen molar-refractivity contribution < 1.29 is 0 Å². The van der Waals surface area contributed by atoms with Crippen molar-refractivity contribution in [1.29, 1.82) is 0 Å². The van der Waals surface area contributed by atoms with Crippen molar-refractivity contribution in [2.45, 2.75) is 0 Å². The van der Waals surface area contributed by atoms with Gasteiger partial charge in [-0.05, 0) is 130 Å². The summed E-state index contributed by atoms with van der Waals surface area (Å²) in [6.45, 7) is 0. The summed E-state index contributed by atoms with van der Waals surface area (Å²) < 4.78 is 0. The van der Waals surface area contributed by atoms with Gasteiger partial charge in [0.25, 0.3) is 0 Å². The van der Waals surface area contributed by atoms with Gasteiger partial charge < -0.3 is 4.90 Å². The SMILES string of the molecule is c1ccc(-c2c(-c3ccc(N(c4ccc(-c5ccc(-c6cccc7ccccc67)cc5)cc4)c4ccc(-c5ccc6ccccc6c5)cc4)cc3)ccc3ccccc23)cc1. The van der Waals surface area contributed by atoms with Crippen molar-refractivity contribution in [3.8, 4) is 55.6 Å². The summed E-state index contributed by atoms with van der Waals surface area (Å²) in [5.41, 5.74) is 15.4. The van der Waals surface area contributed by atoms with Crippen molar-refractivity contribution in [1.82, 2.24) is 0 Å². The van der Waals surface area contributed by atoms with E-state index >= 15 is 0 Å². The normalized spacial score (nSPS) is 11.3. The van der Waals surface area contributed by atoms with Gasteiger partial charge in [-0.3, -0.25) is 0 Å². The molecule has 0 aliphatic heterocycles. The Morgan fingerprint density at radius 1 is 0.213 bits per heavy atom. The van der Waals surface area contributed by atoms with E-state index in [1.807, 2.05) is 0 Å². The highest BCUT2D eigenvalue weighted by molar-refractivity contribution is 6.04. The van der Waals surface area contributed by atoms with E-state index in [1.165, 1.54) is 88.0 Å². The lowest BCUT2D eigenvalue weighted by atomic mass is 9.90. The fourth-order valence-corrected chi connectivity index (χ4v) is 8.96. The van der Waals surface area contributed by atoms with Gasteiger partial charge in [-0.1, -0.05) is 206 Å². The van der Waals surface area contributed by atoms with Crippen LogP contribution in [-0.2, 0) is 0 Å². The van der Waals surface area contributed by atoms with E-state index in [4.69, 9.17) is 0 Å². The molecule has 0 saturated carbocycles. The summed E-state index contributed by atoms with van der Waals surface area (Å²) in [4.78, 5) is 2.36. The Bertz CT molecular complexity index is 3300. The van der Waals surface area contributed by atoms with Gasteiger partial charge >= 0.3 is 0 Å². The van der Waals surface area contributed by atoms with E-state index < -0.39 is 0 Å². The summed E-state index contributed by atoms with van der Waals surface area (Å²) in [7, 11) is 0. The number of benzene rings is 11. The van der Waals surface area contributed by atoms with Crippen LogP contribution in [0.2, 0.25) is 0 Å². The Labute approximate surface area is 357 Å². The molecule has 0 spiro atoms. The van der Waals surface area contributed by atoms with Crippen molar-refractivity contribution in [3.05, 3.63) is 249 Å². The average Bonchev–Trinajstić information content (AvgIpc) is 3.34. The van der Waals surface area contributed by atoms with Crippen LogP contribution in [0.25, 0.3) is 88.0 Å². The second kappa shape index (κ2) is 15.6. The van der Waals surface area contributed by atoms with E-state index in [0.717, 1.165) is 17.1 Å².